The Morgan fingerprint density at radius 1 is 1.00 bits per heavy atom. The van der Waals surface area contributed by atoms with Crippen LogP contribution in [0.4, 0.5) is 11.4 Å². The molecule has 0 fully saturated rings. The maximum Gasteiger partial charge on any atom is 0.301 e. The predicted octanol–water partition coefficient (Wildman–Crippen LogP) is 4.06. The van der Waals surface area contributed by atoms with E-state index in [2.05, 4.69) is 23.9 Å². The largest absolute Gasteiger partial charge is 0.322 e. The molecule has 1 amide bonds. The van der Waals surface area contributed by atoms with Crippen molar-refractivity contribution < 1.29 is 13.2 Å². The molecule has 2 aromatic carbocycles. The molecule has 7 heteroatoms. The van der Waals surface area contributed by atoms with Crippen LogP contribution < -0.4 is 10.0 Å². The van der Waals surface area contributed by atoms with Crippen molar-refractivity contribution in [3.63, 3.8) is 0 Å². The first kappa shape index (κ1) is 20.9. The summed E-state index contributed by atoms with van der Waals surface area (Å²) < 4.78 is 27.1. The summed E-state index contributed by atoms with van der Waals surface area (Å²) in [4.78, 5) is 12.4. The van der Waals surface area contributed by atoms with Crippen molar-refractivity contribution in [3.8, 4) is 0 Å². The van der Waals surface area contributed by atoms with E-state index in [4.69, 9.17) is 0 Å². The smallest absolute Gasteiger partial charge is 0.301 e. The van der Waals surface area contributed by atoms with Crippen LogP contribution in [-0.2, 0) is 10.2 Å². The van der Waals surface area contributed by atoms with Crippen LogP contribution in [0, 0.1) is 0 Å². The van der Waals surface area contributed by atoms with Gasteiger partial charge in [-0.2, -0.15) is 12.7 Å². The molecule has 1 unspecified atom stereocenters. The van der Waals surface area contributed by atoms with Crippen molar-refractivity contribution >= 4 is 27.5 Å². The van der Waals surface area contributed by atoms with E-state index >= 15 is 0 Å². The lowest BCUT2D eigenvalue weighted by atomic mass is 9.96. The molecular formula is C20H27N3O3S. The molecule has 0 heterocycles. The number of hydrogen-bond donors (Lipinski definition) is 2. The quantitative estimate of drug-likeness (QED) is 0.715. The van der Waals surface area contributed by atoms with Gasteiger partial charge in [-0.1, -0.05) is 32.4 Å². The molecule has 2 aromatic rings. The number of amides is 1. The van der Waals surface area contributed by atoms with Gasteiger partial charge in [0.25, 0.3) is 5.91 Å². The molecule has 146 valence electrons. The highest BCUT2D eigenvalue weighted by Crippen LogP contribution is 2.22. The number of benzene rings is 2. The molecule has 0 saturated carbocycles. The van der Waals surface area contributed by atoms with Crippen LogP contribution in [0.5, 0.6) is 0 Å². The van der Waals surface area contributed by atoms with Crippen LogP contribution in [0.1, 0.15) is 48.5 Å². The molecule has 0 saturated heterocycles. The Morgan fingerprint density at radius 3 is 2.07 bits per heavy atom. The van der Waals surface area contributed by atoms with Gasteiger partial charge in [-0.15, -0.1) is 0 Å². The van der Waals surface area contributed by atoms with E-state index in [9.17, 15) is 13.2 Å². The van der Waals surface area contributed by atoms with E-state index in [1.54, 1.807) is 24.3 Å². The van der Waals surface area contributed by atoms with Crippen LogP contribution in [0.15, 0.2) is 48.5 Å². The van der Waals surface area contributed by atoms with Crippen LogP contribution >= 0.6 is 0 Å². The standard InChI is InChI=1S/C20H27N3O3S/c1-5-6-15(2)16-7-11-18(12-8-16)21-20(24)17-9-13-19(14-10-17)22-27(25,26)23(3)4/h7-15,22H,5-6H2,1-4H3,(H,21,24). The summed E-state index contributed by atoms with van der Waals surface area (Å²) in [5, 5.41) is 2.86. The Hall–Kier alpha value is -2.38. The lowest BCUT2D eigenvalue weighted by molar-refractivity contribution is 0.102. The van der Waals surface area contributed by atoms with Crippen LogP contribution in [-0.4, -0.2) is 32.7 Å². The summed E-state index contributed by atoms with van der Waals surface area (Å²) >= 11 is 0. The van der Waals surface area contributed by atoms with E-state index in [0.717, 1.165) is 22.8 Å². The van der Waals surface area contributed by atoms with Gasteiger partial charge in [-0.3, -0.25) is 9.52 Å². The van der Waals surface area contributed by atoms with E-state index in [1.165, 1.54) is 19.7 Å². The average Bonchev–Trinajstić information content (AvgIpc) is 2.62. The lowest BCUT2D eigenvalue weighted by Crippen LogP contribution is -2.28. The molecule has 1 atom stereocenters. The number of carbonyl (C=O) groups excluding carboxylic acids is 1. The highest BCUT2D eigenvalue weighted by Gasteiger charge is 2.13. The third-order valence-electron chi connectivity index (χ3n) is 4.33. The van der Waals surface area contributed by atoms with Crippen molar-refractivity contribution in [3.05, 3.63) is 59.7 Å². The van der Waals surface area contributed by atoms with Gasteiger partial charge in [0, 0.05) is 31.0 Å². The van der Waals surface area contributed by atoms with Gasteiger partial charge in [-0.25, -0.2) is 0 Å². The second-order valence-electron chi connectivity index (χ2n) is 6.73. The Morgan fingerprint density at radius 2 is 1.56 bits per heavy atom. The summed E-state index contributed by atoms with van der Waals surface area (Å²) in [6, 6.07) is 14.2. The molecule has 0 spiro atoms. The van der Waals surface area contributed by atoms with Gasteiger partial charge in [0.2, 0.25) is 0 Å². The molecular weight excluding hydrogens is 362 g/mol. The van der Waals surface area contributed by atoms with Gasteiger partial charge < -0.3 is 5.32 Å². The first-order valence-electron chi connectivity index (χ1n) is 8.94. The monoisotopic (exact) mass is 389 g/mol. The van der Waals surface area contributed by atoms with E-state index in [0.29, 0.717) is 17.2 Å². The van der Waals surface area contributed by atoms with Crippen molar-refractivity contribution in [2.75, 3.05) is 24.1 Å². The Bertz CT molecular complexity index is 860. The molecule has 6 nitrogen and oxygen atoms in total. The van der Waals surface area contributed by atoms with Gasteiger partial charge in [0.1, 0.15) is 0 Å². The summed E-state index contributed by atoms with van der Waals surface area (Å²) in [5.41, 5.74) is 2.83. The van der Waals surface area contributed by atoms with E-state index in [-0.39, 0.29) is 5.91 Å². The number of anilines is 2. The number of nitrogens with zero attached hydrogens (tertiary/aromatic N) is 1. The molecule has 27 heavy (non-hydrogen) atoms. The zero-order valence-electron chi connectivity index (χ0n) is 16.2. The highest BCUT2D eigenvalue weighted by atomic mass is 32.2. The minimum absolute atomic E-state index is 0.244. The normalized spacial score (nSPS) is 12.6. The summed E-state index contributed by atoms with van der Waals surface area (Å²) in [6.07, 6.45) is 2.27. The summed E-state index contributed by atoms with van der Waals surface area (Å²) in [7, 11) is -0.680. The molecule has 0 radical (unpaired) electrons. The molecule has 0 aromatic heterocycles. The predicted molar refractivity (Wildman–Crippen MR) is 110 cm³/mol. The van der Waals surface area contributed by atoms with Crippen LogP contribution in [0.25, 0.3) is 0 Å². The number of nitrogens with one attached hydrogen (secondary N) is 2. The van der Waals surface area contributed by atoms with Crippen LogP contribution in [0.3, 0.4) is 0 Å². The van der Waals surface area contributed by atoms with Crippen molar-refractivity contribution in [2.45, 2.75) is 32.6 Å². The topological polar surface area (TPSA) is 78.5 Å². The molecule has 2 rings (SSSR count). The Kier molecular flexibility index (Phi) is 6.98. The molecule has 0 aliphatic rings. The summed E-state index contributed by atoms with van der Waals surface area (Å²) in [6.45, 7) is 4.37. The minimum atomic E-state index is -3.57. The van der Waals surface area contributed by atoms with Crippen molar-refractivity contribution in [2.24, 2.45) is 0 Å². The SMILES string of the molecule is CCCC(C)c1ccc(NC(=O)c2ccc(NS(=O)(=O)N(C)C)cc2)cc1. The first-order chi connectivity index (χ1) is 12.7. The Labute approximate surface area is 161 Å². The zero-order valence-corrected chi connectivity index (χ0v) is 17.0. The van der Waals surface area contributed by atoms with Crippen molar-refractivity contribution in [1.82, 2.24) is 4.31 Å². The third-order valence-corrected chi connectivity index (χ3v) is 5.79. The van der Waals surface area contributed by atoms with Gasteiger partial charge in [0.15, 0.2) is 0 Å². The fraction of sp³-hybridized carbons (Fsp3) is 0.350. The molecule has 0 aliphatic heterocycles. The fourth-order valence-electron chi connectivity index (χ4n) is 2.63. The van der Waals surface area contributed by atoms with Gasteiger partial charge in [-0.05, 0) is 54.3 Å². The Balaban J connectivity index is 2.02. The minimum Gasteiger partial charge on any atom is -0.322 e. The molecule has 0 bridgehead atoms. The average molecular weight is 390 g/mol. The highest BCUT2D eigenvalue weighted by molar-refractivity contribution is 7.90. The summed E-state index contributed by atoms with van der Waals surface area (Å²) in [5.74, 6) is 0.254. The third kappa shape index (κ3) is 5.80. The van der Waals surface area contributed by atoms with Gasteiger partial charge >= 0.3 is 10.2 Å². The van der Waals surface area contributed by atoms with E-state index < -0.39 is 10.2 Å². The second kappa shape index (κ2) is 9.01. The number of hydrogen-bond acceptors (Lipinski definition) is 3. The van der Waals surface area contributed by atoms with Crippen molar-refractivity contribution in [1.29, 1.82) is 0 Å². The van der Waals surface area contributed by atoms with Gasteiger partial charge in [0.05, 0.1) is 0 Å². The number of carbonyl (C=O) groups is 1. The maximum absolute atomic E-state index is 12.4. The number of rotatable bonds is 8. The lowest BCUT2D eigenvalue weighted by Gasteiger charge is -2.14. The first-order valence-corrected chi connectivity index (χ1v) is 10.4. The fourth-order valence-corrected chi connectivity index (χ4v) is 3.24. The molecule has 0 aliphatic carbocycles. The second-order valence-corrected chi connectivity index (χ2v) is 8.62. The maximum atomic E-state index is 12.4. The van der Waals surface area contributed by atoms with Crippen LogP contribution in [0.2, 0.25) is 0 Å². The molecule has 2 N–H and O–H groups in total. The zero-order chi connectivity index (χ0) is 20.0. The van der Waals surface area contributed by atoms with E-state index in [1.807, 2.05) is 24.3 Å².